The van der Waals surface area contributed by atoms with Gasteiger partial charge in [0.05, 0.1) is 0 Å². The Kier molecular flexibility index (Phi) is 2.94. The largest absolute Gasteiger partial charge is 0.406 e. The Morgan fingerprint density at radius 3 is 2.00 bits per heavy atom. The minimum absolute atomic E-state index is 0.902. The van der Waals surface area contributed by atoms with Crippen LogP contribution in [0.4, 0.5) is 0 Å². The molecule has 0 aromatic rings. The highest BCUT2D eigenvalue weighted by molar-refractivity contribution is 7.02. The molecule has 1 radical (unpaired) electrons. The van der Waals surface area contributed by atoms with Crippen molar-refractivity contribution in [1.29, 1.82) is 0 Å². The summed E-state index contributed by atoms with van der Waals surface area (Å²) in [6.45, 7) is 1.87. The van der Waals surface area contributed by atoms with E-state index in [1.165, 1.54) is 0 Å². The summed E-state index contributed by atoms with van der Waals surface area (Å²) in [6, 6.07) is 0. The summed E-state index contributed by atoms with van der Waals surface area (Å²) in [5, 5.41) is 0. The van der Waals surface area contributed by atoms with Crippen LogP contribution in [0.15, 0.2) is 0 Å². The van der Waals surface area contributed by atoms with E-state index in [-0.39, 0.29) is 0 Å². The van der Waals surface area contributed by atoms with Crippen molar-refractivity contribution in [2.45, 2.75) is 6.55 Å². The van der Waals surface area contributed by atoms with Crippen LogP contribution in [0.25, 0.3) is 0 Å². The van der Waals surface area contributed by atoms with Gasteiger partial charge in [-0.1, -0.05) is 0 Å². The molecule has 0 atom stereocenters. The molecule has 3 heteroatoms. The van der Waals surface area contributed by atoms with E-state index in [1.54, 1.807) is 7.11 Å². The highest BCUT2D eigenvalue weighted by Gasteiger charge is 1.90. The number of halogens is 1. The third-order valence-corrected chi connectivity index (χ3v) is 1.31. The van der Waals surface area contributed by atoms with Crippen LogP contribution in [0, 0.1) is 0 Å². The van der Waals surface area contributed by atoms with Crippen LogP contribution < -0.4 is 0 Å². The summed E-state index contributed by atoms with van der Waals surface area (Å²) in [4.78, 5) is 0. The zero-order chi connectivity index (χ0) is 4.28. The quantitative estimate of drug-likeness (QED) is 0.361. The molecular weight excluding hydrogens is 104 g/mol. The molecule has 0 aliphatic carbocycles. The fourth-order valence-electron chi connectivity index (χ4n) is 0. The molecule has 0 saturated carbocycles. The molecule has 0 aromatic carbocycles. The van der Waals surface area contributed by atoms with Crippen molar-refractivity contribution in [2.24, 2.45) is 0 Å². The van der Waals surface area contributed by atoms with E-state index in [1.807, 2.05) is 6.55 Å². The molecule has 0 saturated heterocycles. The van der Waals surface area contributed by atoms with E-state index < -0.39 is 8.35 Å². The second kappa shape index (κ2) is 2.69. The van der Waals surface area contributed by atoms with Gasteiger partial charge in [-0.3, -0.25) is 0 Å². The maximum Gasteiger partial charge on any atom is 0.319 e. The van der Waals surface area contributed by atoms with Crippen LogP contribution >= 0.6 is 11.1 Å². The van der Waals surface area contributed by atoms with Crippen molar-refractivity contribution in [3.8, 4) is 0 Å². The van der Waals surface area contributed by atoms with Crippen molar-refractivity contribution in [1.82, 2.24) is 0 Å². The van der Waals surface area contributed by atoms with Gasteiger partial charge in [0.1, 0.15) is 0 Å². The van der Waals surface area contributed by atoms with Crippen molar-refractivity contribution >= 4 is 19.4 Å². The Bertz CT molecular complexity index is 23.6. The van der Waals surface area contributed by atoms with Gasteiger partial charge in [-0.15, -0.1) is 11.1 Å². The Labute approximate surface area is 38.3 Å². The summed E-state index contributed by atoms with van der Waals surface area (Å²) in [7, 11) is 0.711. The van der Waals surface area contributed by atoms with Gasteiger partial charge in [-0.05, 0) is 6.55 Å². The molecule has 0 spiro atoms. The van der Waals surface area contributed by atoms with Crippen LogP contribution in [0.2, 0.25) is 6.55 Å². The second-order valence-corrected chi connectivity index (χ2v) is 3.62. The molecule has 0 aliphatic heterocycles. The van der Waals surface area contributed by atoms with Crippen molar-refractivity contribution in [2.75, 3.05) is 7.11 Å². The smallest absolute Gasteiger partial charge is 0.319 e. The van der Waals surface area contributed by atoms with Crippen LogP contribution in [-0.4, -0.2) is 15.5 Å². The zero-order valence-electron chi connectivity index (χ0n) is 3.29. The molecule has 0 bridgehead atoms. The summed E-state index contributed by atoms with van der Waals surface area (Å²) >= 11 is 5.34. The van der Waals surface area contributed by atoms with Gasteiger partial charge in [0, 0.05) is 7.11 Å². The van der Waals surface area contributed by atoms with Gasteiger partial charge in [0.2, 0.25) is 0 Å². The van der Waals surface area contributed by atoms with E-state index in [0.29, 0.717) is 0 Å². The van der Waals surface area contributed by atoms with Gasteiger partial charge in [-0.25, -0.2) is 0 Å². The summed E-state index contributed by atoms with van der Waals surface area (Å²) in [5.41, 5.74) is 0. The number of hydrogen-bond acceptors (Lipinski definition) is 1. The Morgan fingerprint density at radius 1 is 1.80 bits per heavy atom. The average Bonchev–Trinajstić information content (AvgIpc) is 1.38. The van der Waals surface area contributed by atoms with E-state index in [0.717, 1.165) is 0 Å². The first kappa shape index (κ1) is 5.47. The molecule has 0 aromatic heterocycles. The monoisotopic (exact) mass is 109 g/mol. The molecule has 0 heterocycles. The van der Waals surface area contributed by atoms with Gasteiger partial charge in [0.15, 0.2) is 0 Å². The normalized spacial score (nSPS) is 9.60. The topological polar surface area (TPSA) is 9.23 Å². The molecule has 0 unspecified atom stereocenters. The molecule has 0 amide bonds. The van der Waals surface area contributed by atoms with E-state index in [9.17, 15) is 0 Å². The lowest BCUT2D eigenvalue weighted by molar-refractivity contribution is 0.440. The summed E-state index contributed by atoms with van der Waals surface area (Å²) < 4.78 is 4.62. The van der Waals surface area contributed by atoms with Crippen LogP contribution in [-0.2, 0) is 4.43 Å². The predicted molar refractivity (Wildman–Crippen MR) is 24.5 cm³/mol. The molecule has 1 nitrogen and oxygen atoms in total. The minimum Gasteiger partial charge on any atom is -0.406 e. The summed E-state index contributed by atoms with van der Waals surface area (Å²) in [5.74, 6) is 0. The third-order valence-electron chi connectivity index (χ3n) is 0.281. The zero-order valence-corrected chi connectivity index (χ0v) is 5.04. The lowest BCUT2D eigenvalue weighted by Crippen LogP contribution is -1.97. The predicted octanol–water partition coefficient (Wildman–Crippen LogP) is 0.990. The molecule has 0 N–H and O–H groups in total. The standard InChI is InChI=1S/C2H6ClOSi/c1-4-5(2)3/h1-2H3. The maximum atomic E-state index is 5.34. The first-order valence-corrected chi connectivity index (χ1v) is 4.22. The molecule has 5 heavy (non-hydrogen) atoms. The van der Waals surface area contributed by atoms with E-state index in [2.05, 4.69) is 4.43 Å². The highest BCUT2D eigenvalue weighted by Crippen LogP contribution is 1.83. The van der Waals surface area contributed by atoms with Gasteiger partial charge < -0.3 is 4.43 Å². The van der Waals surface area contributed by atoms with Crippen molar-refractivity contribution < 1.29 is 4.43 Å². The SMILES string of the molecule is CO[Si](C)Cl. The van der Waals surface area contributed by atoms with Crippen molar-refractivity contribution in [3.63, 3.8) is 0 Å². The summed E-state index contributed by atoms with van der Waals surface area (Å²) in [6.07, 6.45) is 0. The van der Waals surface area contributed by atoms with Crippen molar-refractivity contribution in [3.05, 3.63) is 0 Å². The lowest BCUT2D eigenvalue weighted by Gasteiger charge is -1.87. The molecular formula is C2H6ClOSi. The minimum atomic E-state index is -0.902. The highest BCUT2D eigenvalue weighted by atomic mass is 35.6. The van der Waals surface area contributed by atoms with Gasteiger partial charge >= 0.3 is 8.35 Å². The Hall–Kier alpha value is 0.467. The van der Waals surface area contributed by atoms with Crippen LogP contribution in [0.1, 0.15) is 0 Å². The number of rotatable bonds is 1. The lowest BCUT2D eigenvalue weighted by atomic mass is 11.8. The third kappa shape index (κ3) is 4.47. The fraction of sp³-hybridized carbons (Fsp3) is 1.00. The molecule has 0 rings (SSSR count). The number of hydrogen-bond donors (Lipinski definition) is 0. The second-order valence-electron chi connectivity index (χ2n) is 0.674. The van der Waals surface area contributed by atoms with Crippen LogP contribution in [0.5, 0.6) is 0 Å². The van der Waals surface area contributed by atoms with Gasteiger partial charge in [-0.2, -0.15) is 0 Å². The Morgan fingerprint density at radius 2 is 2.00 bits per heavy atom. The first-order chi connectivity index (χ1) is 2.27. The maximum absolute atomic E-state index is 5.34. The Balaban J connectivity index is 2.54. The average molecular weight is 110 g/mol. The van der Waals surface area contributed by atoms with Crippen LogP contribution in [0.3, 0.4) is 0 Å². The van der Waals surface area contributed by atoms with E-state index in [4.69, 9.17) is 11.1 Å². The van der Waals surface area contributed by atoms with E-state index >= 15 is 0 Å². The molecule has 0 fully saturated rings. The fourth-order valence-corrected chi connectivity index (χ4v) is 0. The molecule has 0 aliphatic rings. The first-order valence-electron chi connectivity index (χ1n) is 1.30. The molecule has 31 valence electrons. The van der Waals surface area contributed by atoms with Gasteiger partial charge in [0.25, 0.3) is 0 Å².